The second-order valence-corrected chi connectivity index (χ2v) is 6.00. The summed E-state index contributed by atoms with van der Waals surface area (Å²) in [5.74, 6) is 0. The summed E-state index contributed by atoms with van der Waals surface area (Å²) < 4.78 is 0.754. The van der Waals surface area contributed by atoms with Crippen LogP contribution in [-0.4, -0.2) is 18.0 Å². The maximum atomic E-state index is 11.1. The van der Waals surface area contributed by atoms with Gasteiger partial charge in [0, 0.05) is 22.1 Å². The van der Waals surface area contributed by atoms with Gasteiger partial charge in [0.1, 0.15) is 0 Å². The van der Waals surface area contributed by atoms with Crippen LogP contribution in [-0.2, 0) is 6.42 Å². The first kappa shape index (κ1) is 13.5. The normalized spacial score (nSPS) is 18.4. The fourth-order valence-electron chi connectivity index (χ4n) is 2.47. The van der Waals surface area contributed by atoms with Crippen molar-refractivity contribution < 1.29 is 4.92 Å². The third-order valence-corrected chi connectivity index (χ3v) is 4.52. The van der Waals surface area contributed by atoms with Gasteiger partial charge < -0.3 is 5.32 Å². The molecule has 4 nitrogen and oxygen atoms in total. The number of nitro groups is 1. The van der Waals surface area contributed by atoms with Crippen LogP contribution in [0.15, 0.2) is 22.7 Å². The number of nitro benzene ring substituents is 1. The summed E-state index contributed by atoms with van der Waals surface area (Å²) in [6.07, 6.45) is 3.06. The molecule has 0 aromatic heterocycles. The number of hydrogen-bond acceptors (Lipinski definition) is 3. The van der Waals surface area contributed by atoms with Gasteiger partial charge in [0.05, 0.1) is 4.92 Å². The molecule has 1 aromatic carbocycles. The highest BCUT2D eigenvalue weighted by Crippen LogP contribution is 2.52. The number of nitrogens with zero attached hydrogens (tertiary/aromatic N) is 1. The van der Waals surface area contributed by atoms with Crippen LogP contribution in [0.4, 0.5) is 5.69 Å². The molecule has 98 valence electrons. The second kappa shape index (κ2) is 4.97. The van der Waals surface area contributed by atoms with Gasteiger partial charge in [-0.1, -0.05) is 22.0 Å². The summed E-state index contributed by atoms with van der Waals surface area (Å²) in [6, 6.07) is 5.73. The fraction of sp³-hybridized carbons (Fsp3) is 0.538. The lowest BCUT2D eigenvalue weighted by molar-refractivity contribution is -0.385. The van der Waals surface area contributed by atoms with E-state index in [2.05, 4.69) is 28.2 Å². The molecule has 1 atom stereocenters. The standard InChI is InChI=1S/C13H17BrN2O2/c1-9(15-2)13(5-6-13)8-10-3-4-11(14)7-12(10)16(17)18/h3-4,7,9,15H,5-6,8H2,1-2H3. The monoisotopic (exact) mass is 312 g/mol. The van der Waals surface area contributed by atoms with E-state index in [1.54, 1.807) is 6.07 Å². The number of benzene rings is 1. The Morgan fingerprint density at radius 2 is 2.22 bits per heavy atom. The van der Waals surface area contributed by atoms with Gasteiger partial charge in [0.25, 0.3) is 5.69 Å². The van der Waals surface area contributed by atoms with Crippen molar-refractivity contribution in [2.24, 2.45) is 5.41 Å². The summed E-state index contributed by atoms with van der Waals surface area (Å²) in [6.45, 7) is 2.15. The molecule has 18 heavy (non-hydrogen) atoms. The predicted octanol–water partition coefficient (Wildman–Crippen LogP) is 3.29. The Hall–Kier alpha value is -0.940. The van der Waals surface area contributed by atoms with E-state index in [0.717, 1.165) is 29.3 Å². The lowest BCUT2D eigenvalue weighted by Crippen LogP contribution is -2.33. The van der Waals surface area contributed by atoms with E-state index in [4.69, 9.17) is 0 Å². The maximum absolute atomic E-state index is 11.1. The molecular weight excluding hydrogens is 296 g/mol. The molecule has 0 bridgehead atoms. The van der Waals surface area contributed by atoms with Crippen molar-refractivity contribution in [1.82, 2.24) is 5.32 Å². The number of nitrogens with one attached hydrogen (secondary N) is 1. The molecule has 1 aromatic rings. The van der Waals surface area contributed by atoms with Crippen LogP contribution in [0.25, 0.3) is 0 Å². The highest BCUT2D eigenvalue weighted by Gasteiger charge is 2.47. The van der Waals surface area contributed by atoms with Gasteiger partial charge in [-0.15, -0.1) is 0 Å². The molecule has 2 rings (SSSR count). The first-order chi connectivity index (χ1) is 8.48. The SMILES string of the molecule is CNC(C)C1(Cc2ccc(Br)cc2[N+](=O)[O-])CC1. The average Bonchev–Trinajstić information content (AvgIpc) is 3.11. The van der Waals surface area contributed by atoms with Crippen molar-refractivity contribution in [1.29, 1.82) is 0 Å². The summed E-state index contributed by atoms with van der Waals surface area (Å²) >= 11 is 3.29. The van der Waals surface area contributed by atoms with Crippen LogP contribution in [0.5, 0.6) is 0 Å². The molecule has 0 saturated heterocycles. The summed E-state index contributed by atoms with van der Waals surface area (Å²) in [5.41, 5.74) is 1.26. The Labute approximate surface area is 115 Å². The quantitative estimate of drug-likeness (QED) is 0.670. The van der Waals surface area contributed by atoms with E-state index in [1.165, 1.54) is 0 Å². The van der Waals surface area contributed by atoms with Gasteiger partial charge >= 0.3 is 0 Å². The summed E-state index contributed by atoms with van der Waals surface area (Å²) in [5, 5.41) is 14.4. The van der Waals surface area contributed by atoms with Crippen LogP contribution in [0.1, 0.15) is 25.3 Å². The minimum Gasteiger partial charge on any atom is -0.317 e. The van der Waals surface area contributed by atoms with Crippen LogP contribution in [0.2, 0.25) is 0 Å². The van der Waals surface area contributed by atoms with Crippen LogP contribution in [0.3, 0.4) is 0 Å². The molecule has 1 fully saturated rings. The summed E-state index contributed by atoms with van der Waals surface area (Å²) in [4.78, 5) is 10.8. The van der Waals surface area contributed by atoms with Crippen LogP contribution < -0.4 is 5.32 Å². The molecule has 0 heterocycles. The Morgan fingerprint density at radius 3 is 2.72 bits per heavy atom. The first-order valence-electron chi connectivity index (χ1n) is 6.08. The maximum Gasteiger partial charge on any atom is 0.273 e. The van der Waals surface area contributed by atoms with Crippen molar-refractivity contribution in [2.75, 3.05) is 7.05 Å². The van der Waals surface area contributed by atoms with Crippen molar-refractivity contribution in [3.8, 4) is 0 Å². The third-order valence-electron chi connectivity index (χ3n) is 4.03. The largest absolute Gasteiger partial charge is 0.317 e. The van der Waals surface area contributed by atoms with Gasteiger partial charge in [-0.25, -0.2) is 0 Å². The molecule has 0 spiro atoms. The molecule has 1 aliphatic carbocycles. The third kappa shape index (κ3) is 2.57. The lowest BCUT2D eigenvalue weighted by Gasteiger charge is -2.22. The molecule has 0 radical (unpaired) electrons. The average molecular weight is 313 g/mol. The topological polar surface area (TPSA) is 55.2 Å². The van der Waals surface area contributed by atoms with Crippen molar-refractivity contribution in [3.05, 3.63) is 38.3 Å². The highest BCUT2D eigenvalue weighted by atomic mass is 79.9. The van der Waals surface area contributed by atoms with Crippen molar-refractivity contribution >= 4 is 21.6 Å². The van der Waals surface area contributed by atoms with Gasteiger partial charge in [-0.05, 0) is 44.7 Å². The zero-order chi connectivity index (χ0) is 13.3. The Morgan fingerprint density at radius 1 is 1.56 bits per heavy atom. The highest BCUT2D eigenvalue weighted by molar-refractivity contribution is 9.10. The predicted molar refractivity (Wildman–Crippen MR) is 74.7 cm³/mol. The minimum absolute atomic E-state index is 0.202. The van der Waals surface area contributed by atoms with E-state index in [9.17, 15) is 10.1 Å². The fourth-order valence-corrected chi connectivity index (χ4v) is 2.81. The molecular formula is C13H17BrN2O2. The Balaban J connectivity index is 2.27. The number of halogens is 1. The van der Waals surface area contributed by atoms with E-state index >= 15 is 0 Å². The molecule has 5 heteroatoms. The van der Waals surface area contributed by atoms with Crippen molar-refractivity contribution in [3.63, 3.8) is 0 Å². The second-order valence-electron chi connectivity index (χ2n) is 5.08. The number of rotatable bonds is 5. The van der Waals surface area contributed by atoms with Gasteiger partial charge in [0.2, 0.25) is 0 Å². The van der Waals surface area contributed by atoms with Gasteiger partial charge in [-0.2, -0.15) is 0 Å². The molecule has 1 unspecified atom stereocenters. The van der Waals surface area contributed by atoms with Crippen LogP contribution >= 0.6 is 15.9 Å². The number of hydrogen-bond donors (Lipinski definition) is 1. The Bertz CT molecular complexity index is 472. The zero-order valence-electron chi connectivity index (χ0n) is 10.6. The smallest absolute Gasteiger partial charge is 0.273 e. The van der Waals surface area contributed by atoms with E-state index in [-0.39, 0.29) is 16.0 Å². The van der Waals surface area contributed by atoms with Gasteiger partial charge in [0.15, 0.2) is 0 Å². The van der Waals surface area contributed by atoms with Crippen LogP contribution in [0, 0.1) is 15.5 Å². The molecule has 0 aliphatic heterocycles. The lowest BCUT2D eigenvalue weighted by atomic mass is 9.89. The van der Waals surface area contributed by atoms with E-state index in [1.807, 2.05) is 19.2 Å². The van der Waals surface area contributed by atoms with Crippen molar-refractivity contribution in [2.45, 2.75) is 32.2 Å². The Kier molecular flexibility index (Phi) is 3.73. The van der Waals surface area contributed by atoms with E-state index < -0.39 is 0 Å². The molecule has 0 amide bonds. The summed E-state index contributed by atoms with van der Waals surface area (Å²) in [7, 11) is 1.95. The minimum atomic E-state index is -0.291. The zero-order valence-corrected chi connectivity index (χ0v) is 12.2. The molecule has 1 N–H and O–H groups in total. The molecule has 1 aliphatic rings. The first-order valence-corrected chi connectivity index (χ1v) is 6.88. The van der Waals surface area contributed by atoms with E-state index in [0.29, 0.717) is 6.04 Å². The molecule has 1 saturated carbocycles. The van der Waals surface area contributed by atoms with Gasteiger partial charge in [-0.3, -0.25) is 10.1 Å².